The van der Waals surface area contributed by atoms with Crippen LogP contribution in [0.15, 0.2) is 17.5 Å². The molecule has 19 heavy (non-hydrogen) atoms. The van der Waals surface area contributed by atoms with Crippen LogP contribution in [0.3, 0.4) is 0 Å². The van der Waals surface area contributed by atoms with E-state index in [1.54, 1.807) is 14.2 Å². The number of nitrogens with zero attached hydrogens (tertiary/aromatic N) is 1. The van der Waals surface area contributed by atoms with Crippen molar-refractivity contribution in [3.8, 4) is 22.1 Å². The van der Waals surface area contributed by atoms with Gasteiger partial charge in [-0.1, -0.05) is 11.6 Å². The standard InChI is InChI=1S/C13H15ClN2O2S/c1-7(15)9-6-19-13(16-9)8-4-5-10(17-2)12(18-3)11(8)14/h4-7H,15H2,1-3H3. The van der Waals surface area contributed by atoms with Crippen LogP contribution in [-0.4, -0.2) is 19.2 Å². The zero-order chi connectivity index (χ0) is 14.0. The number of rotatable bonds is 4. The van der Waals surface area contributed by atoms with Crippen LogP contribution in [0, 0.1) is 0 Å². The van der Waals surface area contributed by atoms with Crippen molar-refractivity contribution in [3.05, 3.63) is 28.2 Å². The molecule has 0 saturated heterocycles. The van der Waals surface area contributed by atoms with Crippen LogP contribution in [0.25, 0.3) is 10.6 Å². The highest BCUT2D eigenvalue weighted by Crippen LogP contribution is 2.42. The molecule has 1 aromatic carbocycles. The monoisotopic (exact) mass is 298 g/mol. The van der Waals surface area contributed by atoms with Gasteiger partial charge in [0, 0.05) is 17.0 Å². The molecule has 2 rings (SSSR count). The number of methoxy groups -OCH3 is 2. The Morgan fingerprint density at radius 1 is 1.32 bits per heavy atom. The minimum Gasteiger partial charge on any atom is -0.493 e. The molecule has 102 valence electrons. The first-order valence-electron chi connectivity index (χ1n) is 5.70. The van der Waals surface area contributed by atoms with E-state index in [2.05, 4.69) is 4.98 Å². The van der Waals surface area contributed by atoms with E-state index in [9.17, 15) is 0 Å². The minimum atomic E-state index is -0.0936. The lowest BCUT2D eigenvalue weighted by atomic mass is 10.2. The van der Waals surface area contributed by atoms with Crippen LogP contribution in [0.1, 0.15) is 18.7 Å². The Hall–Kier alpha value is -1.30. The highest BCUT2D eigenvalue weighted by atomic mass is 35.5. The lowest BCUT2D eigenvalue weighted by molar-refractivity contribution is 0.355. The lowest BCUT2D eigenvalue weighted by Gasteiger charge is -2.11. The summed E-state index contributed by atoms with van der Waals surface area (Å²) in [5.41, 5.74) is 7.48. The molecule has 0 saturated carbocycles. The van der Waals surface area contributed by atoms with E-state index in [0.29, 0.717) is 16.5 Å². The van der Waals surface area contributed by atoms with Crippen molar-refractivity contribution < 1.29 is 9.47 Å². The normalized spacial score (nSPS) is 12.3. The number of benzene rings is 1. The first-order chi connectivity index (χ1) is 9.08. The maximum atomic E-state index is 6.35. The van der Waals surface area contributed by atoms with E-state index in [1.807, 2.05) is 24.4 Å². The molecule has 1 unspecified atom stereocenters. The first-order valence-corrected chi connectivity index (χ1v) is 6.96. The summed E-state index contributed by atoms with van der Waals surface area (Å²) in [5.74, 6) is 1.11. The number of aromatic nitrogens is 1. The lowest BCUT2D eigenvalue weighted by Crippen LogP contribution is -2.04. The molecule has 6 heteroatoms. The summed E-state index contributed by atoms with van der Waals surface area (Å²) < 4.78 is 10.5. The summed E-state index contributed by atoms with van der Waals surface area (Å²) in [6.45, 7) is 1.90. The second kappa shape index (κ2) is 5.77. The fourth-order valence-corrected chi connectivity index (χ4v) is 3.01. The van der Waals surface area contributed by atoms with Gasteiger partial charge in [0.1, 0.15) is 5.01 Å². The predicted octanol–water partition coefficient (Wildman–Crippen LogP) is 3.50. The maximum absolute atomic E-state index is 6.35. The van der Waals surface area contributed by atoms with Gasteiger partial charge in [-0.05, 0) is 19.1 Å². The third-order valence-electron chi connectivity index (χ3n) is 2.70. The Labute approximate surface area is 121 Å². The molecule has 0 radical (unpaired) electrons. The molecule has 4 nitrogen and oxygen atoms in total. The summed E-state index contributed by atoms with van der Waals surface area (Å²) >= 11 is 7.85. The van der Waals surface area contributed by atoms with Gasteiger partial charge >= 0.3 is 0 Å². The van der Waals surface area contributed by atoms with Crippen LogP contribution in [0.5, 0.6) is 11.5 Å². The first kappa shape index (κ1) is 14.1. The van der Waals surface area contributed by atoms with Crippen molar-refractivity contribution in [2.24, 2.45) is 5.73 Å². The van der Waals surface area contributed by atoms with Crippen LogP contribution < -0.4 is 15.2 Å². The van der Waals surface area contributed by atoms with Crippen molar-refractivity contribution in [3.63, 3.8) is 0 Å². The van der Waals surface area contributed by atoms with E-state index in [-0.39, 0.29) is 6.04 Å². The molecule has 0 fully saturated rings. The largest absolute Gasteiger partial charge is 0.493 e. The molecule has 2 aromatic rings. The Kier molecular flexibility index (Phi) is 4.29. The average Bonchev–Trinajstić information content (AvgIpc) is 2.87. The van der Waals surface area contributed by atoms with E-state index in [1.165, 1.54) is 11.3 Å². The van der Waals surface area contributed by atoms with Crippen LogP contribution in [-0.2, 0) is 0 Å². The Morgan fingerprint density at radius 2 is 2.05 bits per heavy atom. The van der Waals surface area contributed by atoms with Crippen molar-refractivity contribution >= 4 is 22.9 Å². The molecule has 0 aliphatic carbocycles. The molecule has 1 aromatic heterocycles. The summed E-state index contributed by atoms with van der Waals surface area (Å²) in [7, 11) is 3.13. The second-order valence-corrected chi connectivity index (χ2v) is 5.26. The molecule has 1 heterocycles. The average molecular weight is 299 g/mol. The van der Waals surface area contributed by atoms with Crippen LogP contribution in [0.2, 0.25) is 5.02 Å². The van der Waals surface area contributed by atoms with E-state index in [4.69, 9.17) is 26.8 Å². The molecule has 0 aliphatic heterocycles. The van der Waals surface area contributed by atoms with Crippen LogP contribution >= 0.6 is 22.9 Å². The minimum absolute atomic E-state index is 0.0936. The van der Waals surface area contributed by atoms with Gasteiger partial charge in [-0.3, -0.25) is 0 Å². The van der Waals surface area contributed by atoms with E-state index >= 15 is 0 Å². The van der Waals surface area contributed by atoms with Gasteiger partial charge in [-0.2, -0.15) is 0 Å². The molecule has 2 N–H and O–H groups in total. The smallest absolute Gasteiger partial charge is 0.180 e. The van der Waals surface area contributed by atoms with Crippen molar-refractivity contribution in [2.45, 2.75) is 13.0 Å². The summed E-state index contributed by atoms with van der Waals surface area (Å²) in [6.07, 6.45) is 0. The fraction of sp³-hybridized carbons (Fsp3) is 0.308. The van der Waals surface area contributed by atoms with Gasteiger partial charge in [-0.25, -0.2) is 4.98 Å². The molecular weight excluding hydrogens is 284 g/mol. The molecule has 0 bridgehead atoms. The summed E-state index contributed by atoms with van der Waals surface area (Å²) in [5, 5.41) is 3.25. The Morgan fingerprint density at radius 3 is 2.58 bits per heavy atom. The molecular formula is C13H15ClN2O2S. The Balaban J connectivity index is 2.50. The molecule has 0 spiro atoms. The number of hydrogen-bond acceptors (Lipinski definition) is 5. The van der Waals surface area contributed by atoms with Crippen molar-refractivity contribution in [1.29, 1.82) is 0 Å². The van der Waals surface area contributed by atoms with Crippen molar-refractivity contribution in [1.82, 2.24) is 4.98 Å². The number of ether oxygens (including phenoxy) is 2. The molecule has 0 amide bonds. The Bertz CT molecular complexity index is 584. The maximum Gasteiger partial charge on any atom is 0.180 e. The number of halogens is 1. The zero-order valence-corrected chi connectivity index (χ0v) is 12.5. The number of nitrogens with two attached hydrogens (primary N) is 1. The fourth-order valence-electron chi connectivity index (χ4n) is 1.67. The zero-order valence-electron chi connectivity index (χ0n) is 10.9. The highest BCUT2D eigenvalue weighted by molar-refractivity contribution is 7.13. The van der Waals surface area contributed by atoms with Gasteiger partial charge in [0.25, 0.3) is 0 Å². The van der Waals surface area contributed by atoms with E-state index in [0.717, 1.165) is 16.3 Å². The molecule has 0 aliphatic rings. The second-order valence-electron chi connectivity index (χ2n) is 4.03. The van der Waals surface area contributed by atoms with Gasteiger partial charge in [0.15, 0.2) is 11.5 Å². The highest BCUT2D eigenvalue weighted by Gasteiger charge is 2.17. The summed E-state index contributed by atoms with van der Waals surface area (Å²) in [6, 6.07) is 3.59. The number of hydrogen-bond donors (Lipinski definition) is 1. The quantitative estimate of drug-likeness (QED) is 0.938. The van der Waals surface area contributed by atoms with Gasteiger partial charge in [0.05, 0.1) is 24.9 Å². The SMILES string of the molecule is COc1ccc(-c2nc(C(C)N)cs2)c(Cl)c1OC. The predicted molar refractivity (Wildman–Crippen MR) is 78.3 cm³/mol. The van der Waals surface area contributed by atoms with Crippen molar-refractivity contribution in [2.75, 3.05) is 14.2 Å². The van der Waals surface area contributed by atoms with Gasteiger partial charge in [-0.15, -0.1) is 11.3 Å². The third-order valence-corrected chi connectivity index (χ3v) is 3.97. The molecule has 1 atom stereocenters. The third kappa shape index (κ3) is 2.68. The van der Waals surface area contributed by atoms with Gasteiger partial charge < -0.3 is 15.2 Å². The topological polar surface area (TPSA) is 57.4 Å². The van der Waals surface area contributed by atoms with Gasteiger partial charge in [0.2, 0.25) is 0 Å². The van der Waals surface area contributed by atoms with Crippen LogP contribution in [0.4, 0.5) is 0 Å². The van der Waals surface area contributed by atoms with E-state index < -0.39 is 0 Å². The summed E-state index contributed by atoms with van der Waals surface area (Å²) in [4.78, 5) is 4.48. The number of thiazole rings is 1.